The lowest BCUT2D eigenvalue weighted by Gasteiger charge is -2.23. The monoisotopic (exact) mass is 376 g/mol. The molecule has 0 unspecified atom stereocenters. The fraction of sp³-hybridized carbons (Fsp3) is 0.400. The highest BCUT2D eigenvalue weighted by Crippen LogP contribution is 2.19. The SMILES string of the molecule is CCCCCCC(=O)N(CCc1c[nH]c2ccccc12)Cc1ccc(C)cc1. The van der Waals surface area contributed by atoms with E-state index in [1.165, 1.54) is 34.9 Å². The summed E-state index contributed by atoms with van der Waals surface area (Å²) in [5.41, 5.74) is 4.89. The first-order chi connectivity index (χ1) is 13.7. The highest BCUT2D eigenvalue weighted by molar-refractivity contribution is 5.83. The molecule has 1 aromatic heterocycles. The zero-order valence-electron chi connectivity index (χ0n) is 17.2. The molecule has 28 heavy (non-hydrogen) atoms. The molecule has 148 valence electrons. The Kier molecular flexibility index (Phi) is 7.30. The minimum Gasteiger partial charge on any atom is -0.361 e. The summed E-state index contributed by atoms with van der Waals surface area (Å²) in [6.45, 7) is 5.74. The molecule has 0 atom stereocenters. The number of unbranched alkanes of at least 4 members (excludes halogenated alkanes) is 3. The van der Waals surface area contributed by atoms with E-state index < -0.39 is 0 Å². The smallest absolute Gasteiger partial charge is 0.222 e. The summed E-state index contributed by atoms with van der Waals surface area (Å²) < 4.78 is 0. The van der Waals surface area contributed by atoms with Crippen molar-refractivity contribution in [1.29, 1.82) is 0 Å². The third kappa shape index (κ3) is 5.48. The van der Waals surface area contributed by atoms with Gasteiger partial charge in [0.25, 0.3) is 0 Å². The Bertz CT molecular complexity index is 879. The predicted molar refractivity (Wildman–Crippen MR) is 117 cm³/mol. The molecule has 3 nitrogen and oxygen atoms in total. The van der Waals surface area contributed by atoms with Crippen LogP contribution in [0.4, 0.5) is 0 Å². The van der Waals surface area contributed by atoms with Crippen LogP contribution in [0.5, 0.6) is 0 Å². The number of H-pyrrole nitrogens is 1. The Balaban J connectivity index is 1.67. The number of carbonyl (C=O) groups is 1. The largest absolute Gasteiger partial charge is 0.361 e. The first-order valence-corrected chi connectivity index (χ1v) is 10.6. The van der Waals surface area contributed by atoms with Crippen LogP contribution in [0.25, 0.3) is 10.9 Å². The van der Waals surface area contributed by atoms with Crippen molar-refractivity contribution in [2.75, 3.05) is 6.54 Å². The van der Waals surface area contributed by atoms with Crippen LogP contribution in [0.3, 0.4) is 0 Å². The van der Waals surface area contributed by atoms with Gasteiger partial charge >= 0.3 is 0 Å². The average Bonchev–Trinajstić information content (AvgIpc) is 3.13. The first-order valence-electron chi connectivity index (χ1n) is 10.6. The molecule has 1 N–H and O–H groups in total. The Morgan fingerprint density at radius 2 is 1.79 bits per heavy atom. The average molecular weight is 377 g/mol. The van der Waals surface area contributed by atoms with Gasteiger partial charge in [0, 0.05) is 36.6 Å². The number of aromatic amines is 1. The van der Waals surface area contributed by atoms with Gasteiger partial charge in [0.05, 0.1) is 0 Å². The zero-order valence-corrected chi connectivity index (χ0v) is 17.2. The Hall–Kier alpha value is -2.55. The van der Waals surface area contributed by atoms with Gasteiger partial charge in [-0.3, -0.25) is 4.79 Å². The summed E-state index contributed by atoms with van der Waals surface area (Å²) in [6, 6.07) is 16.9. The van der Waals surface area contributed by atoms with Gasteiger partial charge in [-0.15, -0.1) is 0 Å². The molecule has 1 amide bonds. The van der Waals surface area contributed by atoms with Crippen molar-refractivity contribution in [1.82, 2.24) is 9.88 Å². The number of nitrogens with zero attached hydrogens (tertiary/aromatic N) is 1. The van der Waals surface area contributed by atoms with Crippen LogP contribution in [0, 0.1) is 6.92 Å². The summed E-state index contributed by atoms with van der Waals surface area (Å²) >= 11 is 0. The van der Waals surface area contributed by atoms with E-state index in [1.807, 2.05) is 11.0 Å². The van der Waals surface area contributed by atoms with Crippen molar-refractivity contribution in [2.45, 2.75) is 58.9 Å². The van der Waals surface area contributed by atoms with Crippen LogP contribution in [-0.2, 0) is 17.8 Å². The molecule has 0 aliphatic rings. The standard InChI is InChI=1S/C25H32N2O/c1-3-4-5-6-11-25(28)27(19-21-14-12-20(2)13-15-21)17-16-22-18-26-24-10-8-7-9-23(22)24/h7-10,12-15,18,26H,3-6,11,16-17,19H2,1-2H3. The number of nitrogens with one attached hydrogen (secondary N) is 1. The quantitative estimate of drug-likeness (QED) is 0.432. The lowest BCUT2D eigenvalue weighted by molar-refractivity contribution is -0.131. The van der Waals surface area contributed by atoms with E-state index in [0.29, 0.717) is 13.0 Å². The van der Waals surface area contributed by atoms with E-state index in [0.717, 1.165) is 31.3 Å². The van der Waals surface area contributed by atoms with Crippen molar-refractivity contribution in [3.63, 3.8) is 0 Å². The van der Waals surface area contributed by atoms with E-state index in [4.69, 9.17) is 0 Å². The number of aromatic nitrogens is 1. The van der Waals surface area contributed by atoms with Gasteiger partial charge in [-0.05, 0) is 37.0 Å². The molecule has 0 spiro atoms. The van der Waals surface area contributed by atoms with Crippen molar-refractivity contribution < 1.29 is 4.79 Å². The molecule has 0 aliphatic heterocycles. The molecular weight excluding hydrogens is 344 g/mol. The number of aryl methyl sites for hydroxylation is 1. The summed E-state index contributed by atoms with van der Waals surface area (Å²) in [5, 5.41) is 1.26. The number of para-hydroxylation sites is 1. The summed E-state index contributed by atoms with van der Waals surface area (Å²) in [5.74, 6) is 0.275. The van der Waals surface area contributed by atoms with Crippen LogP contribution in [0.2, 0.25) is 0 Å². The molecule has 2 aromatic carbocycles. The molecule has 3 heteroatoms. The second-order valence-corrected chi connectivity index (χ2v) is 7.72. The summed E-state index contributed by atoms with van der Waals surface area (Å²) in [7, 11) is 0. The van der Waals surface area contributed by atoms with Crippen LogP contribution < -0.4 is 0 Å². The van der Waals surface area contributed by atoms with E-state index >= 15 is 0 Å². The van der Waals surface area contributed by atoms with Gasteiger partial charge in [0.2, 0.25) is 5.91 Å². The van der Waals surface area contributed by atoms with E-state index in [9.17, 15) is 4.79 Å². The second-order valence-electron chi connectivity index (χ2n) is 7.72. The number of hydrogen-bond acceptors (Lipinski definition) is 1. The van der Waals surface area contributed by atoms with Crippen molar-refractivity contribution in [2.24, 2.45) is 0 Å². The molecule has 0 saturated carbocycles. The van der Waals surface area contributed by atoms with Gasteiger partial charge in [-0.1, -0.05) is 74.2 Å². The Morgan fingerprint density at radius 3 is 2.57 bits per heavy atom. The molecule has 0 saturated heterocycles. The van der Waals surface area contributed by atoms with Crippen LogP contribution in [0.1, 0.15) is 55.7 Å². The Morgan fingerprint density at radius 1 is 1.00 bits per heavy atom. The number of carbonyl (C=O) groups excluding carboxylic acids is 1. The fourth-order valence-corrected chi connectivity index (χ4v) is 3.66. The van der Waals surface area contributed by atoms with Gasteiger partial charge in [0.1, 0.15) is 0 Å². The zero-order chi connectivity index (χ0) is 19.8. The molecule has 1 heterocycles. The topological polar surface area (TPSA) is 36.1 Å². The van der Waals surface area contributed by atoms with Crippen LogP contribution in [-0.4, -0.2) is 22.3 Å². The summed E-state index contributed by atoms with van der Waals surface area (Å²) in [6.07, 6.45) is 8.15. The lowest BCUT2D eigenvalue weighted by Crippen LogP contribution is -2.32. The third-order valence-electron chi connectivity index (χ3n) is 5.42. The maximum Gasteiger partial charge on any atom is 0.222 e. The minimum absolute atomic E-state index is 0.275. The van der Waals surface area contributed by atoms with Gasteiger partial charge in [0.15, 0.2) is 0 Å². The molecular formula is C25H32N2O. The molecule has 3 aromatic rings. The number of fused-ring (bicyclic) bond motifs is 1. The minimum atomic E-state index is 0.275. The van der Waals surface area contributed by atoms with E-state index in [1.54, 1.807) is 0 Å². The normalized spacial score (nSPS) is 11.1. The van der Waals surface area contributed by atoms with Gasteiger partial charge < -0.3 is 9.88 Å². The van der Waals surface area contributed by atoms with Gasteiger partial charge in [-0.25, -0.2) is 0 Å². The van der Waals surface area contributed by atoms with Crippen molar-refractivity contribution in [3.05, 3.63) is 71.4 Å². The maximum atomic E-state index is 12.9. The van der Waals surface area contributed by atoms with Crippen LogP contribution >= 0.6 is 0 Å². The lowest BCUT2D eigenvalue weighted by atomic mass is 10.1. The fourth-order valence-electron chi connectivity index (χ4n) is 3.66. The third-order valence-corrected chi connectivity index (χ3v) is 5.42. The van der Waals surface area contributed by atoms with Crippen molar-refractivity contribution in [3.8, 4) is 0 Å². The predicted octanol–water partition coefficient (Wildman–Crippen LogP) is 6.02. The van der Waals surface area contributed by atoms with E-state index in [-0.39, 0.29) is 5.91 Å². The number of benzene rings is 2. The maximum absolute atomic E-state index is 12.9. The van der Waals surface area contributed by atoms with Crippen molar-refractivity contribution >= 4 is 16.8 Å². The molecule has 0 aliphatic carbocycles. The summed E-state index contributed by atoms with van der Waals surface area (Å²) in [4.78, 5) is 18.3. The van der Waals surface area contributed by atoms with Gasteiger partial charge in [-0.2, -0.15) is 0 Å². The highest BCUT2D eigenvalue weighted by atomic mass is 16.2. The van der Waals surface area contributed by atoms with E-state index in [2.05, 4.69) is 67.5 Å². The molecule has 3 rings (SSSR count). The number of amides is 1. The highest BCUT2D eigenvalue weighted by Gasteiger charge is 2.15. The Labute approximate surface area is 168 Å². The van der Waals surface area contributed by atoms with Crippen LogP contribution in [0.15, 0.2) is 54.7 Å². The molecule has 0 bridgehead atoms. The first kappa shape index (κ1) is 20.2. The number of hydrogen-bond donors (Lipinski definition) is 1. The number of rotatable bonds is 10. The molecule has 0 fully saturated rings. The second kappa shape index (κ2) is 10.1. The molecule has 0 radical (unpaired) electrons.